The highest BCUT2D eigenvalue weighted by atomic mass is 16.2. The Morgan fingerprint density at radius 1 is 1.40 bits per heavy atom. The summed E-state index contributed by atoms with van der Waals surface area (Å²) in [5, 5.41) is 2.19. The van der Waals surface area contributed by atoms with E-state index in [9.17, 15) is 14.4 Å². The molecule has 0 spiro atoms. The first-order chi connectivity index (χ1) is 9.58. The quantitative estimate of drug-likeness (QED) is 0.648. The number of nitrogens with zero attached hydrogens (tertiary/aromatic N) is 1. The van der Waals surface area contributed by atoms with Crippen molar-refractivity contribution < 1.29 is 9.59 Å². The third-order valence-corrected chi connectivity index (χ3v) is 3.41. The SMILES string of the molecule is C=CCn1c(CCCC)cc(=O)c2c1CC(=O)NC2=O. The Labute approximate surface area is 117 Å². The Morgan fingerprint density at radius 3 is 2.80 bits per heavy atom. The van der Waals surface area contributed by atoms with Crippen LogP contribution in [0.5, 0.6) is 0 Å². The molecule has 20 heavy (non-hydrogen) atoms. The van der Waals surface area contributed by atoms with Crippen molar-refractivity contribution in [3.63, 3.8) is 0 Å². The van der Waals surface area contributed by atoms with Crippen LogP contribution in [0.4, 0.5) is 0 Å². The second kappa shape index (κ2) is 5.86. The normalized spacial score (nSPS) is 13.8. The van der Waals surface area contributed by atoms with Crippen LogP contribution in [0, 0.1) is 0 Å². The number of carbonyl (C=O) groups excluding carboxylic acids is 2. The number of allylic oxidation sites excluding steroid dienone is 1. The number of rotatable bonds is 5. The Hall–Kier alpha value is -2.17. The van der Waals surface area contributed by atoms with E-state index in [1.165, 1.54) is 6.07 Å². The van der Waals surface area contributed by atoms with Crippen LogP contribution in [-0.2, 0) is 24.2 Å². The highest BCUT2D eigenvalue weighted by Gasteiger charge is 2.28. The molecule has 0 unspecified atom stereocenters. The molecule has 2 heterocycles. The molecule has 5 heteroatoms. The molecule has 1 aliphatic heterocycles. The molecule has 0 aliphatic carbocycles. The van der Waals surface area contributed by atoms with Gasteiger partial charge >= 0.3 is 0 Å². The zero-order chi connectivity index (χ0) is 14.7. The summed E-state index contributed by atoms with van der Waals surface area (Å²) in [4.78, 5) is 35.5. The first-order valence-corrected chi connectivity index (χ1v) is 6.79. The molecule has 1 aromatic heterocycles. The van der Waals surface area contributed by atoms with Crippen LogP contribution in [0.2, 0.25) is 0 Å². The monoisotopic (exact) mass is 274 g/mol. The molecule has 0 saturated carbocycles. The van der Waals surface area contributed by atoms with Gasteiger partial charge in [-0.25, -0.2) is 0 Å². The number of hydrogen-bond donors (Lipinski definition) is 1. The fourth-order valence-electron chi connectivity index (χ4n) is 2.49. The molecule has 0 aromatic carbocycles. The van der Waals surface area contributed by atoms with E-state index in [4.69, 9.17) is 0 Å². The van der Waals surface area contributed by atoms with E-state index in [1.54, 1.807) is 6.08 Å². The van der Waals surface area contributed by atoms with Crippen LogP contribution in [-0.4, -0.2) is 16.4 Å². The summed E-state index contributed by atoms with van der Waals surface area (Å²) in [6.45, 7) is 6.27. The molecular weight excluding hydrogens is 256 g/mol. The lowest BCUT2D eigenvalue weighted by atomic mass is 10.0. The third kappa shape index (κ3) is 2.57. The summed E-state index contributed by atoms with van der Waals surface area (Å²) in [5.74, 6) is -0.964. The average Bonchev–Trinajstić information content (AvgIpc) is 2.39. The van der Waals surface area contributed by atoms with E-state index in [2.05, 4.69) is 18.8 Å². The van der Waals surface area contributed by atoms with Crippen LogP contribution < -0.4 is 10.7 Å². The fraction of sp³-hybridized carbons (Fsp3) is 0.400. The maximum atomic E-state index is 12.1. The van der Waals surface area contributed by atoms with Gasteiger partial charge in [0.05, 0.1) is 6.42 Å². The van der Waals surface area contributed by atoms with E-state index in [0.717, 1.165) is 25.0 Å². The summed E-state index contributed by atoms with van der Waals surface area (Å²) in [6.07, 6.45) is 4.48. The van der Waals surface area contributed by atoms with Gasteiger partial charge in [0.1, 0.15) is 5.56 Å². The third-order valence-electron chi connectivity index (χ3n) is 3.41. The van der Waals surface area contributed by atoms with Crippen molar-refractivity contribution in [2.24, 2.45) is 0 Å². The smallest absolute Gasteiger partial charge is 0.263 e. The molecule has 2 amide bonds. The Kier molecular flexibility index (Phi) is 4.17. The van der Waals surface area contributed by atoms with Gasteiger partial charge in [0.15, 0.2) is 5.43 Å². The molecule has 2 rings (SSSR count). The van der Waals surface area contributed by atoms with Crippen LogP contribution in [0.1, 0.15) is 41.5 Å². The highest BCUT2D eigenvalue weighted by molar-refractivity contribution is 6.09. The van der Waals surface area contributed by atoms with Gasteiger partial charge in [0, 0.05) is 24.0 Å². The van der Waals surface area contributed by atoms with Crippen molar-refractivity contribution in [1.82, 2.24) is 9.88 Å². The minimum absolute atomic E-state index is 0.0596. The first kappa shape index (κ1) is 14.2. The number of fused-ring (bicyclic) bond motifs is 1. The topological polar surface area (TPSA) is 68.2 Å². The highest BCUT2D eigenvalue weighted by Crippen LogP contribution is 2.16. The van der Waals surface area contributed by atoms with E-state index in [-0.39, 0.29) is 23.3 Å². The predicted molar refractivity (Wildman–Crippen MR) is 75.7 cm³/mol. The van der Waals surface area contributed by atoms with Crippen molar-refractivity contribution in [3.8, 4) is 0 Å². The number of hydrogen-bond acceptors (Lipinski definition) is 3. The average molecular weight is 274 g/mol. The zero-order valence-electron chi connectivity index (χ0n) is 11.6. The Morgan fingerprint density at radius 2 is 2.15 bits per heavy atom. The number of aryl methyl sites for hydroxylation is 1. The number of nitrogens with one attached hydrogen (secondary N) is 1. The van der Waals surface area contributed by atoms with Crippen LogP contribution >= 0.6 is 0 Å². The minimum atomic E-state index is -0.596. The predicted octanol–water partition coefficient (Wildman–Crippen LogP) is 1.19. The van der Waals surface area contributed by atoms with Gasteiger partial charge in [-0.2, -0.15) is 0 Å². The number of unbranched alkanes of at least 4 members (excludes halogenated alkanes) is 1. The number of aromatic nitrogens is 1. The Balaban J connectivity index is 2.62. The van der Waals surface area contributed by atoms with Gasteiger partial charge < -0.3 is 4.57 Å². The van der Waals surface area contributed by atoms with Crippen molar-refractivity contribution in [3.05, 3.63) is 45.9 Å². The van der Waals surface area contributed by atoms with E-state index < -0.39 is 5.91 Å². The molecule has 0 radical (unpaired) electrons. The van der Waals surface area contributed by atoms with Crippen molar-refractivity contribution in [2.75, 3.05) is 0 Å². The van der Waals surface area contributed by atoms with Gasteiger partial charge in [-0.3, -0.25) is 19.7 Å². The maximum absolute atomic E-state index is 12.1. The zero-order valence-corrected chi connectivity index (χ0v) is 11.6. The molecular formula is C15H18N2O3. The second-order valence-electron chi connectivity index (χ2n) is 4.88. The summed E-state index contributed by atoms with van der Waals surface area (Å²) in [5.41, 5.74) is 1.15. The number of amides is 2. The summed E-state index contributed by atoms with van der Waals surface area (Å²) >= 11 is 0. The lowest BCUT2D eigenvalue weighted by Gasteiger charge is -2.22. The molecule has 1 aromatic rings. The van der Waals surface area contributed by atoms with Crippen molar-refractivity contribution in [2.45, 2.75) is 39.2 Å². The molecule has 0 bridgehead atoms. The van der Waals surface area contributed by atoms with E-state index in [0.29, 0.717) is 12.2 Å². The second-order valence-corrected chi connectivity index (χ2v) is 4.88. The standard InChI is InChI=1S/C15H18N2O3/c1-3-5-6-10-8-12(18)14-11(17(10)7-4-2)9-13(19)16-15(14)20/h4,8H,2-3,5-7,9H2,1H3,(H,16,19,20). The lowest BCUT2D eigenvalue weighted by Crippen LogP contribution is -2.43. The van der Waals surface area contributed by atoms with Crippen LogP contribution in [0.3, 0.4) is 0 Å². The fourth-order valence-corrected chi connectivity index (χ4v) is 2.49. The molecule has 5 nitrogen and oxygen atoms in total. The molecule has 106 valence electrons. The molecule has 1 N–H and O–H groups in total. The summed E-state index contributed by atoms with van der Waals surface area (Å²) in [7, 11) is 0. The van der Waals surface area contributed by atoms with Gasteiger partial charge in [-0.05, 0) is 12.8 Å². The number of imide groups is 1. The largest absolute Gasteiger partial charge is 0.343 e. The van der Waals surface area contributed by atoms with Gasteiger partial charge in [-0.15, -0.1) is 6.58 Å². The summed E-state index contributed by atoms with van der Waals surface area (Å²) in [6, 6.07) is 1.51. The van der Waals surface area contributed by atoms with E-state index in [1.807, 2.05) is 4.57 Å². The number of carbonyl (C=O) groups is 2. The van der Waals surface area contributed by atoms with Crippen molar-refractivity contribution in [1.29, 1.82) is 0 Å². The van der Waals surface area contributed by atoms with Crippen LogP contribution in [0.15, 0.2) is 23.5 Å². The lowest BCUT2D eigenvalue weighted by molar-refractivity contribution is -0.119. The van der Waals surface area contributed by atoms with Gasteiger partial charge in [-0.1, -0.05) is 19.4 Å². The van der Waals surface area contributed by atoms with Gasteiger partial charge in [0.2, 0.25) is 5.91 Å². The molecule has 0 atom stereocenters. The molecule has 1 aliphatic rings. The minimum Gasteiger partial charge on any atom is -0.343 e. The van der Waals surface area contributed by atoms with Crippen LogP contribution in [0.25, 0.3) is 0 Å². The maximum Gasteiger partial charge on any atom is 0.263 e. The Bertz CT molecular complexity index is 629. The van der Waals surface area contributed by atoms with E-state index >= 15 is 0 Å². The number of pyridine rings is 1. The summed E-state index contributed by atoms with van der Waals surface area (Å²) < 4.78 is 1.87. The first-order valence-electron chi connectivity index (χ1n) is 6.79. The van der Waals surface area contributed by atoms with Gasteiger partial charge in [0.25, 0.3) is 5.91 Å². The van der Waals surface area contributed by atoms with Crippen molar-refractivity contribution >= 4 is 11.8 Å². The molecule has 0 fully saturated rings. The molecule has 0 saturated heterocycles.